The van der Waals surface area contributed by atoms with Crippen LogP contribution in [-0.2, 0) is 0 Å². The number of piperazine rings is 1. The molecular weight excluding hydrogens is 432 g/mol. The van der Waals surface area contributed by atoms with E-state index in [1.165, 1.54) is 53.9 Å². The summed E-state index contributed by atoms with van der Waals surface area (Å²) >= 11 is 0. The fourth-order valence-corrected chi connectivity index (χ4v) is 5.20. The first-order chi connectivity index (χ1) is 17.1. The lowest BCUT2D eigenvalue weighted by molar-refractivity contribution is 0.149. The van der Waals surface area contributed by atoms with Gasteiger partial charge in [-0.1, -0.05) is 55.1 Å². The highest BCUT2D eigenvalue weighted by Crippen LogP contribution is 2.37. The van der Waals surface area contributed by atoms with E-state index in [1.807, 2.05) is 18.2 Å². The van der Waals surface area contributed by atoms with Gasteiger partial charge in [0.2, 0.25) is 0 Å². The third kappa shape index (κ3) is 6.87. The summed E-state index contributed by atoms with van der Waals surface area (Å²) in [7, 11) is 0. The first kappa shape index (κ1) is 25.3. The first-order valence-electron chi connectivity index (χ1n) is 13.1. The van der Waals surface area contributed by atoms with Crippen molar-refractivity contribution < 1.29 is 10.2 Å². The molecule has 0 spiro atoms. The van der Waals surface area contributed by atoms with E-state index in [0.717, 1.165) is 44.0 Å². The summed E-state index contributed by atoms with van der Waals surface area (Å²) in [6.07, 6.45) is 16.4. The monoisotopic (exact) mass is 472 g/mol. The SMILES string of the molecule is C=C(/C=C\C=C(/C)O)/C(C1=CC=C(N2CCN(C3CC3)CC2)CC1)=C(\CCCO)c1ccccc1. The highest BCUT2D eigenvalue weighted by molar-refractivity contribution is 5.78. The number of benzene rings is 1. The van der Waals surface area contributed by atoms with Crippen molar-refractivity contribution in [3.8, 4) is 0 Å². The second-order valence-corrected chi connectivity index (χ2v) is 9.84. The molecular formula is C31H40N2O2. The maximum atomic E-state index is 9.60. The summed E-state index contributed by atoms with van der Waals surface area (Å²) in [5.41, 5.74) is 7.23. The molecule has 1 saturated heterocycles. The van der Waals surface area contributed by atoms with Crippen LogP contribution in [0.3, 0.4) is 0 Å². The second-order valence-electron chi connectivity index (χ2n) is 9.84. The molecule has 0 amide bonds. The Balaban J connectivity index is 1.63. The molecule has 1 aromatic rings. The van der Waals surface area contributed by atoms with Crippen LogP contribution in [0.1, 0.15) is 51.0 Å². The molecule has 0 radical (unpaired) electrons. The normalized spacial score (nSPS) is 20.5. The number of hydrogen-bond acceptors (Lipinski definition) is 4. The van der Waals surface area contributed by atoms with E-state index >= 15 is 0 Å². The van der Waals surface area contributed by atoms with Crippen LogP contribution in [0.25, 0.3) is 5.57 Å². The predicted molar refractivity (Wildman–Crippen MR) is 146 cm³/mol. The minimum Gasteiger partial charge on any atom is -0.513 e. The smallest absolute Gasteiger partial charge is 0.0891 e. The average molecular weight is 473 g/mol. The molecule has 4 nitrogen and oxygen atoms in total. The van der Waals surface area contributed by atoms with Gasteiger partial charge in [0, 0.05) is 44.5 Å². The Bertz CT molecular complexity index is 1030. The zero-order chi connectivity index (χ0) is 24.6. The number of rotatable bonds is 10. The number of allylic oxidation sites excluding steroid dienone is 11. The van der Waals surface area contributed by atoms with Gasteiger partial charge >= 0.3 is 0 Å². The van der Waals surface area contributed by atoms with Gasteiger partial charge in [0.15, 0.2) is 0 Å². The zero-order valence-electron chi connectivity index (χ0n) is 21.1. The molecule has 0 atom stereocenters. The van der Waals surface area contributed by atoms with Crippen molar-refractivity contribution in [3.05, 3.63) is 101 Å². The van der Waals surface area contributed by atoms with E-state index in [4.69, 9.17) is 0 Å². The summed E-state index contributed by atoms with van der Waals surface area (Å²) in [5.74, 6) is 0.273. The average Bonchev–Trinajstić information content (AvgIpc) is 3.73. The summed E-state index contributed by atoms with van der Waals surface area (Å²) in [6, 6.07) is 11.3. The molecule has 0 bridgehead atoms. The molecule has 4 heteroatoms. The van der Waals surface area contributed by atoms with Gasteiger partial charge in [-0.15, -0.1) is 0 Å². The van der Waals surface area contributed by atoms with Gasteiger partial charge < -0.3 is 15.1 Å². The topological polar surface area (TPSA) is 46.9 Å². The van der Waals surface area contributed by atoms with Crippen molar-refractivity contribution >= 4 is 5.57 Å². The van der Waals surface area contributed by atoms with Gasteiger partial charge in [0.25, 0.3) is 0 Å². The minimum atomic E-state index is 0.161. The van der Waals surface area contributed by atoms with Gasteiger partial charge in [-0.25, -0.2) is 0 Å². The van der Waals surface area contributed by atoms with Crippen LogP contribution in [0.4, 0.5) is 0 Å². The van der Waals surface area contributed by atoms with Crippen LogP contribution in [0.5, 0.6) is 0 Å². The first-order valence-corrected chi connectivity index (χ1v) is 13.1. The van der Waals surface area contributed by atoms with Crippen LogP contribution in [0, 0.1) is 0 Å². The molecule has 186 valence electrons. The molecule has 1 aromatic carbocycles. The molecule has 0 unspecified atom stereocenters. The molecule has 1 saturated carbocycles. The predicted octanol–water partition coefficient (Wildman–Crippen LogP) is 6.17. The quantitative estimate of drug-likeness (QED) is 0.316. The molecule has 0 aromatic heterocycles. The van der Waals surface area contributed by atoms with E-state index in [9.17, 15) is 10.2 Å². The van der Waals surface area contributed by atoms with Crippen LogP contribution in [-0.4, -0.2) is 58.8 Å². The number of aliphatic hydroxyl groups is 2. The molecule has 2 N–H and O–H groups in total. The molecule has 4 rings (SSSR count). The standard InChI is InChI=1S/C31H40N2O2/c1-24(8-6-9-25(2)35)31(30(12-7-23-34)26-10-4-3-5-11-26)27-13-15-28(16-14-27)32-19-21-33(22-20-32)29-17-18-29/h3-6,8-11,13,15,29,34-35H,1,7,12,14,16-23H2,2H3/b8-6-,25-9+,31-30-. The summed E-state index contributed by atoms with van der Waals surface area (Å²) in [4.78, 5) is 5.23. The van der Waals surface area contributed by atoms with Crippen LogP contribution >= 0.6 is 0 Å². The Morgan fingerprint density at radius 2 is 1.80 bits per heavy atom. The number of aliphatic hydroxyl groups excluding tert-OH is 2. The van der Waals surface area contributed by atoms with E-state index in [2.05, 4.69) is 52.8 Å². The minimum absolute atomic E-state index is 0.161. The van der Waals surface area contributed by atoms with Gasteiger partial charge in [-0.2, -0.15) is 0 Å². The van der Waals surface area contributed by atoms with Crippen molar-refractivity contribution in [1.29, 1.82) is 0 Å². The Labute approximate surface area is 211 Å². The van der Waals surface area contributed by atoms with Crippen molar-refractivity contribution in [3.63, 3.8) is 0 Å². The Morgan fingerprint density at radius 3 is 2.40 bits per heavy atom. The molecule has 35 heavy (non-hydrogen) atoms. The number of nitrogens with zero attached hydrogens (tertiary/aromatic N) is 2. The van der Waals surface area contributed by atoms with E-state index in [0.29, 0.717) is 6.42 Å². The molecule has 1 aliphatic heterocycles. The molecule has 2 aliphatic carbocycles. The van der Waals surface area contributed by atoms with E-state index in [-0.39, 0.29) is 12.4 Å². The van der Waals surface area contributed by atoms with Crippen LogP contribution in [0.15, 0.2) is 95.5 Å². The Hall–Kier alpha value is -2.82. The lowest BCUT2D eigenvalue weighted by atomic mass is 9.83. The summed E-state index contributed by atoms with van der Waals surface area (Å²) in [6.45, 7) is 10.9. The zero-order valence-corrected chi connectivity index (χ0v) is 21.1. The summed E-state index contributed by atoms with van der Waals surface area (Å²) in [5, 5.41) is 19.2. The maximum Gasteiger partial charge on any atom is 0.0891 e. The summed E-state index contributed by atoms with van der Waals surface area (Å²) < 4.78 is 0. The largest absolute Gasteiger partial charge is 0.513 e. The Morgan fingerprint density at radius 1 is 1.06 bits per heavy atom. The van der Waals surface area contributed by atoms with Gasteiger partial charge in [0.05, 0.1) is 5.76 Å². The van der Waals surface area contributed by atoms with E-state index < -0.39 is 0 Å². The lowest BCUT2D eigenvalue weighted by Gasteiger charge is -2.38. The highest BCUT2D eigenvalue weighted by atomic mass is 16.3. The molecule has 3 aliphatic rings. The highest BCUT2D eigenvalue weighted by Gasteiger charge is 2.31. The van der Waals surface area contributed by atoms with Crippen molar-refractivity contribution in [2.75, 3.05) is 32.8 Å². The third-order valence-electron chi connectivity index (χ3n) is 7.20. The van der Waals surface area contributed by atoms with Crippen molar-refractivity contribution in [1.82, 2.24) is 9.80 Å². The number of hydrogen-bond donors (Lipinski definition) is 2. The van der Waals surface area contributed by atoms with Crippen LogP contribution < -0.4 is 0 Å². The fraction of sp³-hybridized carbons (Fsp3) is 0.419. The maximum absolute atomic E-state index is 9.60. The Kier molecular flexibility index (Phi) is 8.84. The molecule has 1 heterocycles. The second kappa shape index (κ2) is 12.2. The van der Waals surface area contributed by atoms with Crippen molar-refractivity contribution in [2.45, 2.75) is 51.5 Å². The van der Waals surface area contributed by atoms with Gasteiger partial charge in [-0.3, -0.25) is 4.90 Å². The van der Waals surface area contributed by atoms with Crippen molar-refractivity contribution in [2.24, 2.45) is 0 Å². The van der Waals surface area contributed by atoms with Gasteiger partial charge in [0.1, 0.15) is 0 Å². The lowest BCUT2D eigenvalue weighted by Crippen LogP contribution is -2.46. The fourth-order valence-electron chi connectivity index (χ4n) is 5.20. The van der Waals surface area contributed by atoms with Crippen LogP contribution in [0.2, 0.25) is 0 Å². The van der Waals surface area contributed by atoms with E-state index in [1.54, 1.807) is 13.0 Å². The van der Waals surface area contributed by atoms with Gasteiger partial charge in [-0.05, 0) is 85.5 Å². The molecule has 2 fully saturated rings. The third-order valence-corrected chi connectivity index (χ3v) is 7.20.